The maximum absolute atomic E-state index is 10.0. The van der Waals surface area contributed by atoms with E-state index in [4.69, 9.17) is 4.74 Å². The summed E-state index contributed by atoms with van der Waals surface area (Å²) >= 11 is 0. The van der Waals surface area contributed by atoms with Crippen molar-refractivity contribution in [2.75, 3.05) is 7.11 Å². The van der Waals surface area contributed by atoms with Crippen molar-refractivity contribution in [3.05, 3.63) is 59.9 Å². The summed E-state index contributed by atoms with van der Waals surface area (Å²) in [4.78, 5) is 4.15. The Kier molecular flexibility index (Phi) is 4.31. The van der Waals surface area contributed by atoms with Crippen molar-refractivity contribution in [3.63, 3.8) is 0 Å². The molecule has 3 heteroatoms. The molecule has 1 heterocycles. The fourth-order valence-electron chi connectivity index (χ4n) is 1.92. The number of pyridine rings is 1. The fraction of sp³-hybridized carbons (Fsp3) is 0.267. The third-order valence-corrected chi connectivity index (χ3v) is 2.91. The van der Waals surface area contributed by atoms with Gasteiger partial charge in [0.05, 0.1) is 18.9 Å². The molecule has 0 aliphatic heterocycles. The molecule has 2 aromatic rings. The first kappa shape index (κ1) is 12.6. The molecule has 1 aromatic carbocycles. The minimum Gasteiger partial charge on any atom is -0.496 e. The van der Waals surface area contributed by atoms with Crippen LogP contribution >= 0.6 is 0 Å². The van der Waals surface area contributed by atoms with E-state index in [1.165, 1.54) is 0 Å². The number of ether oxygens (including phenoxy) is 1. The first-order chi connectivity index (χ1) is 8.81. The maximum Gasteiger partial charge on any atom is 0.122 e. The van der Waals surface area contributed by atoms with Crippen LogP contribution in [0.3, 0.4) is 0 Å². The van der Waals surface area contributed by atoms with Gasteiger partial charge in [-0.05, 0) is 36.6 Å². The number of aryl methyl sites for hydroxylation is 1. The lowest BCUT2D eigenvalue weighted by Crippen LogP contribution is -2.02. The van der Waals surface area contributed by atoms with Crippen LogP contribution in [0, 0.1) is 0 Å². The Morgan fingerprint density at radius 1 is 1.17 bits per heavy atom. The summed E-state index contributed by atoms with van der Waals surface area (Å²) in [5.74, 6) is 0.866. The molecule has 1 atom stereocenters. The number of benzene rings is 1. The van der Waals surface area contributed by atoms with Crippen LogP contribution in [0.5, 0.6) is 5.75 Å². The number of rotatable bonds is 5. The van der Waals surface area contributed by atoms with Gasteiger partial charge in [-0.2, -0.15) is 0 Å². The Morgan fingerprint density at radius 2 is 1.94 bits per heavy atom. The van der Waals surface area contributed by atoms with Crippen molar-refractivity contribution < 1.29 is 9.84 Å². The highest BCUT2D eigenvalue weighted by atomic mass is 16.5. The summed E-state index contributed by atoms with van der Waals surface area (Å²) in [6.45, 7) is 0. The van der Waals surface area contributed by atoms with Gasteiger partial charge in [-0.3, -0.25) is 4.98 Å². The summed E-state index contributed by atoms with van der Waals surface area (Å²) in [5, 5.41) is 10.0. The Morgan fingerprint density at radius 3 is 2.67 bits per heavy atom. The summed E-state index contributed by atoms with van der Waals surface area (Å²) in [6, 6.07) is 13.4. The monoisotopic (exact) mass is 243 g/mol. The summed E-state index contributed by atoms with van der Waals surface area (Å²) in [6.07, 6.45) is 2.57. The molecular weight excluding hydrogens is 226 g/mol. The van der Waals surface area contributed by atoms with Crippen molar-refractivity contribution >= 4 is 0 Å². The molecule has 0 aliphatic carbocycles. The molecule has 0 radical (unpaired) electrons. The zero-order valence-corrected chi connectivity index (χ0v) is 10.4. The van der Waals surface area contributed by atoms with Crippen LogP contribution in [0.15, 0.2) is 48.7 Å². The smallest absolute Gasteiger partial charge is 0.122 e. The van der Waals surface area contributed by atoms with E-state index in [0.29, 0.717) is 12.1 Å². The van der Waals surface area contributed by atoms with Crippen LogP contribution in [0.2, 0.25) is 0 Å². The Balaban J connectivity index is 1.99. The zero-order valence-electron chi connectivity index (χ0n) is 10.4. The molecule has 2 rings (SSSR count). The topological polar surface area (TPSA) is 42.4 Å². The van der Waals surface area contributed by atoms with Crippen LogP contribution < -0.4 is 4.74 Å². The Labute approximate surface area is 107 Å². The fourth-order valence-corrected chi connectivity index (χ4v) is 1.92. The second-order valence-corrected chi connectivity index (χ2v) is 4.12. The molecule has 0 saturated carbocycles. The number of aliphatic hydroxyl groups excluding tert-OH is 1. The van der Waals surface area contributed by atoms with Gasteiger partial charge in [0.15, 0.2) is 0 Å². The predicted octanol–water partition coefficient (Wildman–Crippen LogP) is 2.76. The van der Waals surface area contributed by atoms with Gasteiger partial charge in [-0.1, -0.05) is 24.3 Å². The van der Waals surface area contributed by atoms with E-state index in [0.717, 1.165) is 17.7 Å². The minimum absolute atomic E-state index is 0.531. The second kappa shape index (κ2) is 6.17. The molecule has 3 nitrogen and oxygen atoms in total. The predicted molar refractivity (Wildman–Crippen MR) is 70.5 cm³/mol. The zero-order chi connectivity index (χ0) is 12.8. The number of para-hydroxylation sites is 1. The molecule has 0 amide bonds. The number of hydrogen-bond donors (Lipinski definition) is 1. The molecule has 94 valence electrons. The van der Waals surface area contributed by atoms with Crippen molar-refractivity contribution in [1.29, 1.82) is 0 Å². The van der Waals surface area contributed by atoms with Crippen LogP contribution in [0.4, 0.5) is 0 Å². The lowest BCUT2D eigenvalue weighted by molar-refractivity contribution is 0.163. The first-order valence-electron chi connectivity index (χ1n) is 6.02. The SMILES string of the molecule is COc1ccccc1CC[C@H](O)c1ccccn1. The van der Waals surface area contributed by atoms with E-state index >= 15 is 0 Å². The number of methoxy groups -OCH3 is 1. The van der Waals surface area contributed by atoms with Crippen molar-refractivity contribution in [1.82, 2.24) is 4.98 Å². The van der Waals surface area contributed by atoms with E-state index in [1.54, 1.807) is 13.3 Å². The van der Waals surface area contributed by atoms with Gasteiger partial charge in [0.1, 0.15) is 5.75 Å². The highest BCUT2D eigenvalue weighted by Gasteiger charge is 2.10. The average Bonchev–Trinajstić information content (AvgIpc) is 2.46. The number of hydrogen-bond acceptors (Lipinski definition) is 3. The summed E-state index contributed by atoms with van der Waals surface area (Å²) < 4.78 is 5.29. The average molecular weight is 243 g/mol. The maximum atomic E-state index is 10.0. The highest BCUT2D eigenvalue weighted by Crippen LogP contribution is 2.22. The largest absolute Gasteiger partial charge is 0.496 e. The minimum atomic E-state index is -0.531. The molecule has 0 unspecified atom stereocenters. The van der Waals surface area contributed by atoms with E-state index in [9.17, 15) is 5.11 Å². The quantitative estimate of drug-likeness (QED) is 0.878. The third kappa shape index (κ3) is 3.08. The standard InChI is InChI=1S/C15H17NO2/c1-18-15-8-3-2-6-12(15)9-10-14(17)13-7-4-5-11-16-13/h2-8,11,14,17H,9-10H2,1H3/t14-/m0/s1. The van der Waals surface area contributed by atoms with Crippen molar-refractivity contribution in [2.24, 2.45) is 0 Å². The van der Waals surface area contributed by atoms with E-state index < -0.39 is 6.10 Å². The Bertz CT molecular complexity index is 485. The summed E-state index contributed by atoms with van der Waals surface area (Å²) in [5.41, 5.74) is 1.82. The van der Waals surface area contributed by atoms with E-state index in [2.05, 4.69) is 4.98 Å². The molecule has 0 fully saturated rings. The van der Waals surface area contributed by atoms with E-state index in [-0.39, 0.29) is 0 Å². The van der Waals surface area contributed by atoms with Crippen molar-refractivity contribution in [2.45, 2.75) is 18.9 Å². The number of aliphatic hydroxyl groups is 1. The molecule has 18 heavy (non-hydrogen) atoms. The van der Waals surface area contributed by atoms with Gasteiger partial charge in [-0.15, -0.1) is 0 Å². The normalized spacial score (nSPS) is 12.1. The van der Waals surface area contributed by atoms with Gasteiger partial charge in [-0.25, -0.2) is 0 Å². The van der Waals surface area contributed by atoms with Gasteiger partial charge >= 0.3 is 0 Å². The summed E-state index contributed by atoms with van der Waals surface area (Å²) in [7, 11) is 1.66. The van der Waals surface area contributed by atoms with Crippen LogP contribution in [-0.2, 0) is 6.42 Å². The molecule has 1 N–H and O–H groups in total. The van der Waals surface area contributed by atoms with E-state index in [1.807, 2.05) is 42.5 Å². The molecule has 1 aromatic heterocycles. The molecule has 0 bridgehead atoms. The van der Waals surface area contributed by atoms with Gasteiger partial charge < -0.3 is 9.84 Å². The first-order valence-corrected chi connectivity index (χ1v) is 6.02. The highest BCUT2D eigenvalue weighted by molar-refractivity contribution is 5.33. The van der Waals surface area contributed by atoms with Crippen LogP contribution in [0.25, 0.3) is 0 Å². The number of aromatic nitrogens is 1. The van der Waals surface area contributed by atoms with Crippen LogP contribution in [0.1, 0.15) is 23.8 Å². The molecular formula is C15H17NO2. The molecule has 0 spiro atoms. The lowest BCUT2D eigenvalue weighted by Gasteiger charge is -2.11. The van der Waals surface area contributed by atoms with Gasteiger partial charge in [0, 0.05) is 6.20 Å². The second-order valence-electron chi connectivity index (χ2n) is 4.12. The Hall–Kier alpha value is -1.87. The third-order valence-electron chi connectivity index (χ3n) is 2.91. The number of nitrogens with zero attached hydrogens (tertiary/aromatic N) is 1. The van der Waals surface area contributed by atoms with Crippen LogP contribution in [-0.4, -0.2) is 17.2 Å². The molecule has 0 saturated heterocycles. The lowest BCUT2D eigenvalue weighted by atomic mass is 10.0. The van der Waals surface area contributed by atoms with Gasteiger partial charge in [0.2, 0.25) is 0 Å². The molecule has 0 aliphatic rings. The van der Waals surface area contributed by atoms with Crippen molar-refractivity contribution in [3.8, 4) is 5.75 Å². The van der Waals surface area contributed by atoms with Gasteiger partial charge in [0.25, 0.3) is 0 Å².